The molecule has 1 N–H and O–H groups in total. The zero-order chi connectivity index (χ0) is 19.3. The molecule has 0 amide bonds. The number of alkyl halides is 2. The van der Waals surface area contributed by atoms with Crippen LogP contribution >= 0.6 is 11.3 Å². The molecule has 4 rings (SSSR count). The minimum absolute atomic E-state index is 0.135. The van der Waals surface area contributed by atoms with Gasteiger partial charge < -0.3 is 4.90 Å². The summed E-state index contributed by atoms with van der Waals surface area (Å²) in [5, 5.41) is 0.729. The summed E-state index contributed by atoms with van der Waals surface area (Å²) in [7, 11) is -3.62. The van der Waals surface area contributed by atoms with Gasteiger partial charge >= 0.3 is 0 Å². The van der Waals surface area contributed by atoms with Crippen molar-refractivity contribution in [2.45, 2.75) is 47.8 Å². The molecule has 1 aliphatic carbocycles. The maximum atomic E-state index is 13.3. The molecule has 0 radical (unpaired) electrons. The molecule has 2 aliphatic rings. The number of nitrogens with zero attached hydrogens (tertiary/aromatic N) is 1. The lowest BCUT2D eigenvalue weighted by molar-refractivity contribution is -0.0219. The molecule has 0 unspecified atom stereocenters. The first kappa shape index (κ1) is 18.8. The summed E-state index contributed by atoms with van der Waals surface area (Å²) in [5.74, 6) is -2.61. The minimum atomic E-state index is -3.62. The van der Waals surface area contributed by atoms with Crippen LogP contribution in [0.15, 0.2) is 46.7 Å². The Bertz CT molecular complexity index is 920. The van der Waals surface area contributed by atoms with Crippen molar-refractivity contribution in [3.05, 3.63) is 48.0 Å². The van der Waals surface area contributed by atoms with Crippen molar-refractivity contribution in [3.8, 4) is 0 Å². The number of sulfonamides is 1. The fraction of sp³-hybridized carbons (Fsp3) is 0.474. The molecule has 2 fully saturated rings. The van der Waals surface area contributed by atoms with E-state index in [1.807, 2.05) is 35.2 Å². The lowest BCUT2D eigenvalue weighted by atomic mass is 9.98. The van der Waals surface area contributed by atoms with E-state index in [2.05, 4.69) is 11.6 Å². The number of benzene rings is 1. The number of hydrogen-bond donors (Lipinski definition) is 1. The zero-order valence-electron chi connectivity index (χ0n) is 15.0. The summed E-state index contributed by atoms with van der Waals surface area (Å²) < 4.78 is 55.2. The van der Waals surface area contributed by atoms with E-state index in [1.54, 1.807) is 12.1 Å². The van der Waals surface area contributed by atoms with Crippen molar-refractivity contribution in [2.75, 3.05) is 18.0 Å². The predicted octanol–water partition coefficient (Wildman–Crippen LogP) is 3.99. The summed E-state index contributed by atoms with van der Waals surface area (Å²) in [6.07, 6.45) is 0.376. The first-order chi connectivity index (χ1) is 12.7. The fourth-order valence-corrected chi connectivity index (χ4v) is 6.31. The Kier molecular flexibility index (Phi) is 4.56. The Morgan fingerprint density at radius 3 is 2.44 bits per heavy atom. The molecule has 1 saturated carbocycles. The maximum Gasteiger partial charge on any atom is 0.251 e. The van der Waals surface area contributed by atoms with Gasteiger partial charge in [0.1, 0.15) is 4.21 Å². The standard InChI is InChI=1S/C19H22F2N2O2S2/c1-18(14-5-3-2-4-6-14)13-15(18)22-27(24,25)17-8-7-16(26-17)23-11-9-19(20,21)10-12-23/h2-8,15,22H,9-13H2,1H3/t15-,18+/m0/s1. The highest BCUT2D eigenvalue weighted by Crippen LogP contribution is 2.48. The number of halogens is 2. The van der Waals surface area contributed by atoms with Crippen LogP contribution in [0.1, 0.15) is 31.7 Å². The van der Waals surface area contributed by atoms with Gasteiger partial charge in [0.05, 0.1) is 5.00 Å². The van der Waals surface area contributed by atoms with Gasteiger partial charge in [-0.3, -0.25) is 0 Å². The highest BCUT2D eigenvalue weighted by Gasteiger charge is 2.53. The molecule has 0 bridgehead atoms. The SMILES string of the molecule is C[C@]1(c2ccccc2)C[C@@H]1NS(=O)(=O)c1ccc(N2CCC(F)(F)CC2)s1. The summed E-state index contributed by atoms with van der Waals surface area (Å²) in [4.78, 5) is 1.84. The molecule has 0 spiro atoms. The Morgan fingerprint density at radius 2 is 1.78 bits per heavy atom. The summed E-state index contributed by atoms with van der Waals surface area (Å²) in [6, 6.07) is 13.0. The summed E-state index contributed by atoms with van der Waals surface area (Å²) in [6.45, 7) is 2.55. The zero-order valence-corrected chi connectivity index (χ0v) is 16.6. The Hall–Kier alpha value is -1.51. The minimum Gasteiger partial charge on any atom is -0.363 e. The van der Waals surface area contributed by atoms with Crippen molar-refractivity contribution >= 4 is 26.4 Å². The van der Waals surface area contributed by atoms with E-state index < -0.39 is 15.9 Å². The quantitative estimate of drug-likeness (QED) is 0.808. The number of rotatable bonds is 5. The number of hydrogen-bond acceptors (Lipinski definition) is 4. The van der Waals surface area contributed by atoms with Gasteiger partial charge in [0.25, 0.3) is 5.92 Å². The molecule has 2 aromatic rings. The van der Waals surface area contributed by atoms with Crippen molar-refractivity contribution in [3.63, 3.8) is 0 Å². The molecular formula is C19H22F2N2O2S2. The van der Waals surface area contributed by atoms with Crippen LogP contribution < -0.4 is 9.62 Å². The molecule has 4 nitrogen and oxygen atoms in total. The van der Waals surface area contributed by atoms with Crippen molar-refractivity contribution in [2.24, 2.45) is 0 Å². The molecule has 2 atom stereocenters. The molecule has 146 valence electrons. The van der Waals surface area contributed by atoms with Crippen LogP contribution in [0, 0.1) is 0 Å². The van der Waals surface area contributed by atoms with Gasteiger partial charge in [-0.25, -0.2) is 21.9 Å². The molecule has 2 heterocycles. The average molecular weight is 413 g/mol. The van der Waals surface area contributed by atoms with Crippen LogP contribution in [0.2, 0.25) is 0 Å². The third-order valence-electron chi connectivity index (χ3n) is 5.61. The smallest absolute Gasteiger partial charge is 0.251 e. The third kappa shape index (κ3) is 3.75. The van der Waals surface area contributed by atoms with E-state index in [0.717, 1.165) is 28.3 Å². The van der Waals surface area contributed by atoms with Crippen LogP contribution in [0.5, 0.6) is 0 Å². The first-order valence-electron chi connectivity index (χ1n) is 9.00. The normalized spacial score (nSPS) is 27.5. The number of thiophene rings is 1. The summed E-state index contributed by atoms with van der Waals surface area (Å²) >= 11 is 1.14. The monoisotopic (exact) mass is 412 g/mol. The largest absolute Gasteiger partial charge is 0.363 e. The molecule has 27 heavy (non-hydrogen) atoms. The second kappa shape index (κ2) is 6.53. The average Bonchev–Trinajstić information content (AvgIpc) is 3.05. The number of nitrogens with one attached hydrogen (secondary N) is 1. The van der Waals surface area contributed by atoms with Gasteiger partial charge in [0.15, 0.2) is 0 Å². The summed E-state index contributed by atoms with van der Waals surface area (Å²) in [5.41, 5.74) is 0.936. The lowest BCUT2D eigenvalue weighted by Gasteiger charge is -2.32. The van der Waals surface area contributed by atoms with E-state index >= 15 is 0 Å². The fourth-order valence-electron chi connectivity index (χ4n) is 3.60. The van der Waals surface area contributed by atoms with Crippen LogP contribution in [0.25, 0.3) is 0 Å². The molecule has 1 aromatic heterocycles. The van der Waals surface area contributed by atoms with Gasteiger partial charge in [-0.1, -0.05) is 37.3 Å². The van der Waals surface area contributed by atoms with E-state index in [4.69, 9.17) is 0 Å². The maximum absolute atomic E-state index is 13.3. The van der Waals surface area contributed by atoms with Gasteiger partial charge in [-0.05, 0) is 24.1 Å². The Morgan fingerprint density at radius 1 is 1.11 bits per heavy atom. The number of anilines is 1. The van der Waals surface area contributed by atoms with Gasteiger partial charge in [-0.2, -0.15) is 0 Å². The first-order valence-corrected chi connectivity index (χ1v) is 11.3. The highest BCUT2D eigenvalue weighted by atomic mass is 32.2. The van der Waals surface area contributed by atoms with E-state index in [9.17, 15) is 17.2 Å². The van der Waals surface area contributed by atoms with Crippen molar-refractivity contribution < 1.29 is 17.2 Å². The highest BCUT2D eigenvalue weighted by molar-refractivity contribution is 7.91. The van der Waals surface area contributed by atoms with Gasteiger partial charge in [0.2, 0.25) is 10.0 Å². The van der Waals surface area contributed by atoms with E-state index in [-0.39, 0.29) is 41.6 Å². The number of piperidine rings is 1. The topological polar surface area (TPSA) is 49.4 Å². The second-order valence-electron chi connectivity index (χ2n) is 7.60. The Balaban J connectivity index is 1.44. The van der Waals surface area contributed by atoms with Gasteiger partial charge in [0, 0.05) is 37.4 Å². The molecule has 8 heteroatoms. The second-order valence-corrected chi connectivity index (χ2v) is 10.6. The lowest BCUT2D eigenvalue weighted by Crippen LogP contribution is -2.38. The van der Waals surface area contributed by atoms with Crippen molar-refractivity contribution in [1.29, 1.82) is 0 Å². The van der Waals surface area contributed by atoms with Crippen molar-refractivity contribution in [1.82, 2.24) is 4.72 Å². The molecular weight excluding hydrogens is 390 g/mol. The van der Waals surface area contributed by atoms with Gasteiger partial charge in [-0.15, -0.1) is 11.3 Å². The van der Waals surface area contributed by atoms with Crippen LogP contribution in [0.3, 0.4) is 0 Å². The van der Waals surface area contributed by atoms with Crippen LogP contribution in [-0.2, 0) is 15.4 Å². The molecule has 1 aliphatic heterocycles. The van der Waals surface area contributed by atoms with E-state index in [1.165, 1.54) is 0 Å². The van der Waals surface area contributed by atoms with E-state index in [0.29, 0.717) is 0 Å². The Labute approximate surface area is 162 Å². The molecule has 1 saturated heterocycles. The van der Waals surface area contributed by atoms with Crippen LogP contribution in [0.4, 0.5) is 13.8 Å². The third-order valence-corrected chi connectivity index (χ3v) is 8.72. The molecule has 1 aromatic carbocycles. The predicted molar refractivity (Wildman–Crippen MR) is 103 cm³/mol. The van der Waals surface area contributed by atoms with Crippen LogP contribution in [-0.4, -0.2) is 33.5 Å².